The zero-order valence-corrected chi connectivity index (χ0v) is 14.2. The largest absolute Gasteiger partial charge is 0.0625 e. The number of fused-ring (bicyclic) bond motifs is 5. The standard InChI is InChI=1S/C20H34/c1-11-6-14-7-12(2)9-16-18(15(14)8-11)13(3)10-17-19(16)20(17,4)5/h11-19H,6-10H2,1-5H3. The maximum atomic E-state index is 2.61. The zero-order chi connectivity index (χ0) is 14.2. The highest BCUT2D eigenvalue weighted by Crippen LogP contribution is 2.72. The molecule has 4 aliphatic carbocycles. The molecule has 4 fully saturated rings. The second-order valence-electron chi connectivity index (χ2n) is 9.98. The van der Waals surface area contributed by atoms with Gasteiger partial charge in [-0.25, -0.2) is 0 Å². The lowest BCUT2D eigenvalue weighted by Crippen LogP contribution is -2.34. The normalized spacial score (nSPS) is 60.1. The molecule has 0 heteroatoms. The van der Waals surface area contributed by atoms with Crippen LogP contribution in [0.25, 0.3) is 0 Å². The van der Waals surface area contributed by atoms with E-state index in [2.05, 4.69) is 34.6 Å². The fraction of sp³-hybridized carbons (Fsp3) is 1.00. The second-order valence-corrected chi connectivity index (χ2v) is 9.98. The summed E-state index contributed by atoms with van der Waals surface area (Å²) in [4.78, 5) is 0. The van der Waals surface area contributed by atoms with Crippen LogP contribution >= 0.6 is 0 Å². The second kappa shape index (κ2) is 4.26. The van der Waals surface area contributed by atoms with E-state index in [4.69, 9.17) is 0 Å². The van der Waals surface area contributed by atoms with Crippen molar-refractivity contribution in [3.05, 3.63) is 0 Å². The molecule has 0 aliphatic heterocycles. The Morgan fingerprint density at radius 2 is 1.35 bits per heavy atom. The van der Waals surface area contributed by atoms with Crippen LogP contribution in [0.15, 0.2) is 0 Å². The zero-order valence-electron chi connectivity index (χ0n) is 14.2. The Hall–Kier alpha value is 0. The summed E-state index contributed by atoms with van der Waals surface area (Å²) in [6.45, 7) is 12.8. The molecule has 114 valence electrons. The predicted octanol–water partition coefficient (Wildman–Crippen LogP) is 5.62. The summed E-state index contributed by atoms with van der Waals surface area (Å²) >= 11 is 0. The van der Waals surface area contributed by atoms with Gasteiger partial charge in [0.1, 0.15) is 0 Å². The van der Waals surface area contributed by atoms with Gasteiger partial charge in [0.05, 0.1) is 0 Å². The maximum Gasteiger partial charge on any atom is -0.0289 e. The minimum absolute atomic E-state index is 0.678. The van der Waals surface area contributed by atoms with Gasteiger partial charge in [-0.3, -0.25) is 0 Å². The van der Waals surface area contributed by atoms with Gasteiger partial charge in [-0.15, -0.1) is 0 Å². The van der Waals surface area contributed by atoms with Gasteiger partial charge in [0, 0.05) is 0 Å². The first-order chi connectivity index (χ1) is 9.39. The highest BCUT2D eigenvalue weighted by Gasteiger charge is 2.66. The molecule has 0 aromatic rings. The molecule has 4 saturated carbocycles. The Kier molecular flexibility index (Phi) is 2.91. The van der Waals surface area contributed by atoms with Gasteiger partial charge in [-0.05, 0) is 90.8 Å². The molecule has 0 aromatic carbocycles. The molecule has 0 aromatic heterocycles. The summed E-state index contributed by atoms with van der Waals surface area (Å²) in [5.41, 5.74) is 0.678. The highest BCUT2D eigenvalue weighted by atomic mass is 14.7. The van der Waals surface area contributed by atoms with Gasteiger partial charge in [-0.1, -0.05) is 34.6 Å². The van der Waals surface area contributed by atoms with Gasteiger partial charge in [0.2, 0.25) is 0 Å². The van der Waals surface area contributed by atoms with Crippen molar-refractivity contribution in [1.82, 2.24) is 0 Å². The summed E-state index contributed by atoms with van der Waals surface area (Å²) in [7, 11) is 0. The van der Waals surface area contributed by atoms with Crippen LogP contribution in [-0.2, 0) is 0 Å². The van der Waals surface area contributed by atoms with Crippen LogP contribution in [0.2, 0.25) is 0 Å². The summed E-state index contributed by atoms with van der Waals surface area (Å²) < 4.78 is 0. The van der Waals surface area contributed by atoms with E-state index in [1.165, 1.54) is 0 Å². The first kappa shape index (κ1) is 13.6. The van der Waals surface area contributed by atoms with Crippen molar-refractivity contribution >= 4 is 0 Å². The van der Waals surface area contributed by atoms with E-state index >= 15 is 0 Å². The Labute approximate surface area is 126 Å². The van der Waals surface area contributed by atoms with Crippen molar-refractivity contribution in [1.29, 1.82) is 0 Å². The van der Waals surface area contributed by atoms with Gasteiger partial charge >= 0.3 is 0 Å². The molecule has 0 radical (unpaired) electrons. The summed E-state index contributed by atoms with van der Waals surface area (Å²) in [5, 5.41) is 0. The molecule has 9 atom stereocenters. The summed E-state index contributed by atoms with van der Waals surface area (Å²) in [6, 6.07) is 0. The lowest BCUT2D eigenvalue weighted by molar-refractivity contribution is 0.0774. The number of hydrogen-bond donors (Lipinski definition) is 0. The minimum Gasteiger partial charge on any atom is -0.0625 e. The average Bonchev–Trinajstić information content (AvgIpc) is 2.73. The quantitative estimate of drug-likeness (QED) is 0.537. The lowest BCUT2D eigenvalue weighted by atomic mass is 9.64. The van der Waals surface area contributed by atoms with Crippen molar-refractivity contribution in [3.8, 4) is 0 Å². The van der Waals surface area contributed by atoms with Crippen molar-refractivity contribution in [2.24, 2.45) is 58.7 Å². The summed E-state index contributed by atoms with van der Waals surface area (Å²) in [6.07, 6.45) is 7.75. The van der Waals surface area contributed by atoms with Crippen LogP contribution in [0.3, 0.4) is 0 Å². The molecule has 20 heavy (non-hydrogen) atoms. The van der Waals surface area contributed by atoms with Crippen LogP contribution in [0.4, 0.5) is 0 Å². The molecule has 0 amide bonds. The molecule has 0 bridgehead atoms. The average molecular weight is 274 g/mol. The van der Waals surface area contributed by atoms with Crippen LogP contribution in [0.1, 0.15) is 66.7 Å². The van der Waals surface area contributed by atoms with Gasteiger partial charge < -0.3 is 0 Å². The van der Waals surface area contributed by atoms with E-state index < -0.39 is 0 Å². The van der Waals surface area contributed by atoms with E-state index in [1.807, 2.05) is 0 Å². The van der Waals surface area contributed by atoms with Gasteiger partial charge in [0.15, 0.2) is 0 Å². The molecular weight excluding hydrogens is 240 g/mol. The molecule has 9 unspecified atom stereocenters. The Morgan fingerprint density at radius 1 is 0.750 bits per heavy atom. The van der Waals surface area contributed by atoms with E-state index in [1.54, 1.807) is 32.1 Å². The SMILES string of the molecule is CC1CC2CC(C)CC3C(C(C)CC4C3C4(C)C)C2C1. The fourth-order valence-electron chi connectivity index (χ4n) is 7.61. The molecule has 4 aliphatic rings. The van der Waals surface area contributed by atoms with E-state index in [9.17, 15) is 0 Å². The van der Waals surface area contributed by atoms with Crippen LogP contribution < -0.4 is 0 Å². The number of hydrogen-bond acceptors (Lipinski definition) is 0. The van der Waals surface area contributed by atoms with Gasteiger partial charge in [0.25, 0.3) is 0 Å². The maximum absolute atomic E-state index is 2.61. The Balaban J connectivity index is 1.68. The van der Waals surface area contributed by atoms with Crippen molar-refractivity contribution in [2.45, 2.75) is 66.7 Å². The van der Waals surface area contributed by atoms with E-state index in [0.717, 1.165) is 53.3 Å². The van der Waals surface area contributed by atoms with Crippen molar-refractivity contribution in [2.75, 3.05) is 0 Å². The van der Waals surface area contributed by atoms with Crippen LogP contribution in [0.5, 0.6) is 0 Å². The molecule has 0 heterocycles. The van der Waals surface area contributed by atoms with E-state index in [0.29, 0.717) is 5.41 Å². The lowest BCUT2D eigenvalue weighted by Gasteiger charge is -2.40. The number of rotatable bonds is 0. The monoisotopic (exact) mass is 274 g/mol. The fourth-order valence-corrected chi connectivity index (χ4v) is 7.61. The van der Waals surface area contributed by atoms with Crippen LogP contribution in [0, 0.1) is 58.7 Å². The molecular formula is C20H34. The molecule has 0 saturated heterocycles. The van der Waals surface area contributed by atoms with Crippen LogP contribution in [-0.4, -0.2) is 0 Å². The van der Waals surface area contributed by atoms with Crippen molar-refractivity contribution in [3.63, 3.8) is 0 Å². The highest BCUT2D eigenvalue weighted by molar-refractivity contribution is 5.14. The molecule has 0 nitrogen and oxygen atoms in total. The smallest absolute Gasteiger partial charge is 0.0289 e. The topological polar surface area (TPSA) is 0 Å². The van der Waals surface area contributed by atoms with E-state index in [-0.39, 0.29) is 0 Å². The molecule has 0 spiro atoms. The third kappa shape index (κ3) is 1.78. The van der Waals surface area contributed by atoms with Crippen molar-refractivity contribution < 1.29 is 0 Å². The Morgan fingerprint density at radius 3 is 2.00 bits per heavy atom. The first-order valence-corrected chi connectivity index (χ1v) is 9.39. The first-order valence-electron chi connectivity index (χ1n) is 9.39. The molecule has 0 N–H and O–H groups in total. The molecule has 4 rings (SSSR count). The summed E-state index contributed by atoms with van der Waals surface area (Å²) in [5.74, 6) is 9.49. The third-order valence-corrected chi connectivity index (χ3v) is 8.24. The third-order valence-electron chi connectivity index (χ3n) is 8.24. The van der Waals surface area contributed by atoms with Gasteiger partial charge in [-0.2, -0.15) is 0 Å². The minimum atomic E-state index is 0.678. The predicted molar refractivity (Wildman–Crippen MR) is 85.3 cm³/mol. The Bertz CT molecular complexity index is 395.